The van der Waals surface area contributed by atoms with Crippen LogP contribution in [0, 0.1) is 6.92 Å². The van der Waals surface area contributed by atoms with E-state index in [2.05, 4.69) is 15.3 Å². The van der Waals surface area contributed by atoms with Crippen molar-refractivity contribution < 1.29 is 9.59 Å². The van der Waals surface area contributed by atoms with Gasteiger partial charge in [-0.15, -0.1) is 0 Å². The second kappa shape index (κ2) is 8.93. The molecule has 3 aromatic rings. The first-order chi connectivity index (χ1) is 13.5. The Balaban J connectivity index is 1.56. The first-order valence-corrected chi connectivity index (χ1v) is 10.3. The van der Waals surface area contributed by atoms with E-state index in [4.69, 9.17) is 0 Å². The van der Waals surface area contributed by atoms with Crippen LogP contribution in [0.4, 0.5) is 5.69 Å². The summed E-state index contributed by atoms with van der Waals surface area (Å²) in [6.07, 6.45) is 0. The molecule has 0 saturated carbocycles. The van der Waals surface area contributed by atoms with Crippen molar-refractivity contribution in [3.8, 4) is 0 Å². The molecular weight excluding hydrogens is 372 g/mol. The van der Waals surface area contributed by atoms with Crippen molar-refractivity contribution in [3.63, 3.8) is 0 Å². The summed E-state index contributed by atoms with van der Waals surface area (Å²) in [5.41, 5.74) is 4.31. The number of nitrogens with zero attached hydrogens (tertiary/aromatic N) is 2. The maximum atomic E-state index is 12.3. The Morgan fingerprint density at radius 3 is 2.50 bits per heavy atom. The summed E-state index contributed by atoms with van der Waals surface area (Å²) < 4.78 is 0. The van der Waals surface area contributed by atoms with E-state index in [0.717, 1.165) is 21.8 Å². The molecule has 0 aliphatic carbocycles. The van der Waals surface area contributed by atoms with Gasteiger partial charge in [-0.05, 0) is 62.7 Å². The lowest BCUT2D eigenvalue weighted by Gasteiger charge is -2.18. The first kappa shape index (κ1) is 19.9. The van der Waals surface area contributed by atoms with Crippen LogP contribution in [0.1, 0.15) is 29.8 Å². The minimum Gasteiger partial charge on any atom is -0.339 e. The minimum atomic E-state index is -0.121. The van der Waals surface area contributed by atoms with Crippen molar-refractivity contribution in [1.82, 2.24) is 14.9 Å². The Labute approximate surface area is 168 Å². The number of hydrogen-bond donors (Lipinski definition) is 2. The van der Waals surface area contributed by atoms with E-state index in [1.165, 1.54) is 11.8 Å². The summed E-state index contributed by atoms with van der Waals surface area (Å²) >= 11 is 1.36. The van der Waals surface area contributed by atoms with Crippen LogP contribution < -0.4 is 5.32 Å². The number of H-pyrrole nitrogens is 1. The lowest BCUT2D eigenvalue weighted by Crippen LogP contribution is -2.30. The standard InChI is InChI=1S/C21H24N4O2S/c1-4-25(5-2)20(27)15-7-9-16(10-8-15)22-19(26)13-28-21-23-17-11-6-14(3)12-18(17)24-21/h6-12H,4-5,13H2,1-3H3,(H,22,26)(H,23,24). The summed E-state index contributed by atoms with van der Waals surface area (Å²) in [5, 5.41) is 3.57. The number of aryl methyl sites for hydroxylation is 1. The molecule has 146 valence electrons. The normalized spacial score (nSPS) is 10.8. The number of carbonyl (C=O) groups excluding carboxylic acids is 2. The number of thioether (sulfide) groups is 1. The average Bonchev–Trinajstić information content (AvgIpc) is 3.10. The van der Waals surface area contributed by atoms with Gasteiger partial charge in [0.05, 0.1) is 16.8 Å². The van der Waals surface area contributed by atoms with Crippen LogP contribution in [-0.2, 0) is 4.79 Å². The van der Waals surface area contributed by atoms with Crippen molar-refractivity contribution in [3.05, 3.63) is 53.6 Å². The summed E-state index contributed by atoms with van der Waals surface area (Å²) in [4.78, 5) is 34.0. The van der Waals surface area contributed by atoms with Gasteiger partial charge in [-0.1, -0.05) is 17.8 Å². The zero-order valence-electron chi connectivity index (χ0n) is 16.3. The third kappa shape index (κ3) is 4.72. The highest BCUT2D eigenvalue weighted by atomic mass is 32.2. The lowest BCUT2D eigenvalue weighted by atomic mass is 10.2. The third-order valence-corrected chi connectivity index (χ3v) is 5.30. The second-order valence-corrected chi connectivity index (χ2v) is 7.42. The van der Waals surface area contributed by atoms with E-state index >= 15 is 0 Å². The molecule has 7 heteroatoms. The van der Waals surface area contributed by atoms with Gasteiger partial charge in [0.2, 0.25) is 5.91 Å². The largest absolute Gasteiger partial charge is 0.339 e. The van der Waals surface area contributed by atoms with Crippen LogP contribution in [0.15, 0.2) is 47.6 Å². The molecule has 0 unspecified atom stereocenters. The monoisotopic (exact) mass is 396 g/mol. The van der Waals surface area contributed by atoms with Gasteiger partial charge in [0, 0.05) is 24.3 Å². The number of rotatable bonds is 7. The van der Waals surface area contributed by atoms with Crippen molar-refractivity contribution >= 4 is 40.3 Å². The molecule has 0 aliphatic heterocycles. The van der Waals surface area contributed by atoms with Gasteiger partial charge in [-0.2, -0.15) is 0 Å². The predicted octanol–water partition coefficient (Wildman–Crippen LogP) is 4.08. The lowest BCUT2D eigenvalue weighted by molar-refractivity contribution is -0.113. The first-order valence-electron chi connectivity index (χ1n) is 9.28. The zero-order chi connectivity index (χ0) is 20.1. The number of amides is 2. The number of carbonyl (C=O) groups is 2. The minimum absolute atomic E-state index is 0.00134. The number of benzene rings is 2. The topological polar surface area (TPSA) is 78.1 Å². The molecule has 0 atom stereocenters. The maximum absolute atomic E-state index is 12.3. The number of nitrogens with one attached hydrogen (secondary N) is 2. The highest BCUT2D eigenvalue weighted by Gasteiger charge is 2.12. The van der Waals surface area contributed by atoms with Crippen LogP contribution in [0.3, 0.4) is 0 Å². The Morgan fingerprint density at radius 2 is 1.82 bits per heavy atom. The quantitative estimate of drug-likeness (QED) is 0.590. The molecule has 2 amide bonds. The summed E-state index contributed by atoms with van der Waals surface area (Å²) in [6.45, 7) is 7.29. The molecule has 28 heavy (non-hydrogen) atoms. The molecule has 1 heterocycles. The smallest absolute Gasteiger partial charge is 0.253 e. The SMILES string of the molecule is CCN(CC)C(=O)c1ccc(NC(=O)CSc2nc3ccc(C)cc3[nH]2)cc1. The summed E-state index contributed by atoms with van der Waals surface area (Å²) in [6, 6.07) is 13.0. The maximum Gasteiger partial charge on any atom is 0.253 e. The Morgan fingerprint density at radius 1 is 1.11 bits per heavy atom. The van der Waals surface area contributed by atoms with Crippen LogP contribution in [0.25, 0.3) is 11.0 Å². The highest BCUT2D eigenvalue weighted by Crippen LogP contribution is 2.20. The molecule has 0 spiro atoms. The van der Waals surface area contributed by atoms with Crippen LogP contribution >= 0.6 is 11.8 Å². The van der Waals surface area contributed by atoms with Gasteiger partial charge >= 0.3 is 0 Å². The van der Waals surface area contributed by atoms with E-state index in [9.17, 15) is 9.59 Å². The molecule has 2 aromatic carbocycles. The van der Waals surface area contributed by atoms with Crippen LogP contribution in [0.5, 0.6) is 0 Å². The Hall–Kier alpha value is -2.80. The Kier molecular flexibility index (Phi) is 6.36. The third-order valence-electron chi connectivity index (χ3n) is 4.42. The van der Waals surface area contributed by atoms with Crippen molar-refractivity contribution in [2.75, 3.05) is 24.2 Å². The van der Waals surface area contributed by atoms with E-state index in [1.807, 2.05) is 39.0 Å². The van der Waals surface area contributed by atoms with Gasteiger partial charge in [0.15, 0.2) is 5.16 Å². The van der Waals surface area contributed by atoms with E-state index in [0.29, 0.717) is 24.3 Å². The molecule has 2 N–H and O–H groups in total. The van der Waals surface area contributed by atoms with Crippen LogP contribution in [-0.4, -0.2) is 45.5 Å². The summed E-state index contributed by atoms with van der Waals surface area (Å²) in [5.74, 6) is 0.127. The molecule has 0 aliphatic rings. The molecule has 3 rings (SSSR count). The van der Waals surface area contributed by atoms with E-state index in [1.54, 1.807) is 29.2 Å². The Bertz CT molecular complexity index is 978. The number of aromatic nitrogens is 2. The second-order valence-electron chi connectivity index (χ2n) is 6.45. The molecule has 1 aromatic heterocycles. The molecular formula is C21H24N4O2S. The van der Waals surface area contributed by atoms with E-state index < -0.39 is 0 Å². The molecule has 6 nitrogen and oxygen atoms in total. The van der Waals surface area contributed by atoms with E-state index in [-0.39, 0.29) is 17.6 Å². The summed E-state index contributed by atoms with van der Waals surface area (Å²) in [7, 11) is 0. The number of anilines is 1. The van der Waals surface area contributed by atoms with Gasteiger partial charge in [0.25, 0.3) is 5.91 Å². The molecule has 0 radical (unpaired) electrons. The zero-order valence-corrected chi connectivity index (χ0v) is 17.1. The fraction of sp³-hybridized carbons (Fsp3) is 0.286. The van der Waals surface area contributed by atoms with Crippen molar-refractivity contribution in [1.29, 1.82) is 0 Å². The average molecular weight is 397 g/mol. The molecule has 0 saturated heterocycles. The van der Waals surface area contributed by atoms with Crippen molar-refractivity contribution in [2.24, 2.45) is 0 Å². The molecule has 0 bridgehead atoms. The number of aromatic amines is 1. The van der Waals surface area contributed by atoms with Gasteiger partial charge in [-0.3, -0.25) is 9.59 Å². The fourth-order valence-corrected chi connectivity index (χ4v) is 3.57. The predicted molar refractivity (Wildman–Crippen MR) is 114 cm³/mol. The number of imidazole rings is 1. The van der Waals surface area contributed by atoms with Gasteiger partial charge in [0.1, 0.15) is 0 Å². The number of fused-ring (bicyclic) bond motifs is 1. The van der Waals surface area contributed by atoms with Gasteiger partial charge in [-0.25, -0.2) is 4.98 Å². The number of hydrogen-bond acceptors (Lipinski definition) is 4. The van der Waals surface area contributed by atoms with Crippen LogP contribution in [0.2, 0.25) is 0 Å². The fourth-order valence-electron chi connectivity index (χ4n) is 2.89. The molecule has 0 fully saturated rings. The van der Waals surface area contributed by atoms with Gasteiger partial charge < -0.3 is 15.2 Å². The highest BCUT2D eigenvalue weighted by molar-refractivity contribution is 7.99. The van der Waals surface area contributed by atoms with Crippen molar-refractivity contribution in [2.45, 2.75) is 25.9 Å².